The molecule has 2 heteroatoms. The summed E-state index contributed by atoms with van der Waals surface area (Å²) in [4.78, 5) is 4.84. The fraction of sp³-hybridized carbons (Fsp3) is 0.533. The molecular weight excluding hydrogens is 208 g/mol. The molecule has 0 N–H and O–H groups in total. The molecule has 90 valence electrons. The zero-order valence-corrected chi connectivity index (χ0v) is 10.8. The van der Waals surface area contributed by atoms with Gasteiger partial charge in [0.05, 0.1) is 5.69 Å². The monoisotopic (exact) mass is 228 g/mol. The molecule has 0 aliphatic heterocycles. The molecule has 0 radical (unpaired) electrons. The molecule has 0 bridgehead atoms. The summed E-state index contributed by atoms with van der Waals surface area (Å²) in [5.74, 6) is 0. The standard InChI is InChI=1S/C15H20N2/c1-11-9-12(2)17-14-8-6-4-3-5-7-13(14)16-15(17)10-11/h9-10H,3-8H2,1-2H3. The number of hydrogen-bond donors (Lipinski definition) is 0. The summed E-state index contributed by atoms with van der Waals surface area (Å²) in [6.07, 6.45) is 7.71. The van der Waals surface area contributed by atoms with Gasteiger partial charge in [0.2, 0.25) is 0 Å². The molecule has 0 amide bonds. The highest BCUT2D eigenvalue weighted by atomic mass is 15.0. The summed E-state index contributed by atoms with van der Waals surface area (Å²) in [6, 6.07) is 4.46. The fourth-order valence-corrected chi connectivity index (χ4v) is 3.04. The molecule has 1 aliphatic carbocycles. The molecule has 2 heterocycles. The van der Waals surface area contributed by atoms with Crippen molar-refractivity contribution in [2.45, 2.75) is 52.4 Å². The zero-order chi connectivity index (χ0) is 11.8. The van der Waals surface area contributed by atoms with Gasteiger partial charge in [0.25, 0.3) is 0 Å². The number of rotatable bonds is 0. The van der Waals surface area contributed by atoms with Crippen LogP contribution in [0.4, 0.5) is 0 Å². The summed E-state index contributed by atoms with van der Waals surface area (Å²) >= 11 is 0. The van der Waals surface area contributed by atoms with Gasteiger partial charge in [-0.15, -0.1) is 0 Å². The minimum atomic E-state index is 1.15. The van der Waals surface area contributed by atoms with Crippen molar-refractivity contribution in [2.75, 3.05) is 0 Å². The summed E-state index contributed by atoms with van der Waals surface area (Å²) in [7, 11) is 0. The third-order valence-corrected chi connectivity index (χ3v) is 3.80. The largest absolute Gasteiger partial charge is 0.301 e. The molecule has 0 aromatic carbocycles. The molecule has 0 saturated heterocycles. The summed E-state index contributed by atoms with van der Waals surface area (Å²) in [6.45, 7) is 4.35. The van der Waals surface area contributed by atoms with Crippen LogP contribution in [0, 0.1) is 13.8 Å². The van der Waals surface area contributed by atoms with Crippen LogP contribution < -0.4 is 0 Å². The molecule has 0 unspecified atom stereocenters. The molecule has 2 aromatic rings. The zero-order valence-electron chi connectivity index (χ0n) is 10.8. The fourth-order valence-electron chi connectivity index (χ4n) is 3.04. The normalized spacial score (nSPS) is 16.6. The van der Waals surface area contributed by atoms with Crippen molar-refractivity contribution < 1.29 is 0 Å². The van der Waals surface area contributed by atoms with E-state index >= 15 is 0 Å². The van der Waals surface area contributed by atoms with E-state index in [4.69, 9.17) is 4.98 Å². The highest BCUT2D eigenvalue weighted by Crippen LogP contribution is 2.23. The molecule has 0 spiro atoms. The molecular formula is C15H20N2. The van der Waals surface area contributed by atoms with E-state index in [1.54, 1.807) is 0 Å². The molecule has 17 heavy (non-hydrogen) atoms. The Bertz CT molecular complexity index is 552. The number of aryl methyl sites for hydroxylation is 4. The number of hydrogen-bond acceptors (Lipinski definition) is 1. The van der Waals surface area contributed by atoms with E-state index < -0.39 is 0 Å². The van der Waals surface area contributed by atoms with Gasteiger partial charge < -0.3 is 4.40 Å². The van der Waals surface area contributed by atoms with Crippen molar-refractivity contribution in [3.63, 3.8) is 0 Å². The second-order valence-corrected chi connectivity index (χ2v) is 5.29. The number of aromatic nitrogens is 2. The van der Waals surface area contributed by atoms with Gasteiger partial charge in [-0.2, -0.15) is 0 Å². The first-order valence-corrected chi connectivity index (χ1v) is 6.73. The second-order valence-electron chi connectivity index (χ2n) is 5.29. The predicted molar refractivity (Wildman–Crippen MR) is 70.5 cm³/mol. The number of nitrogens with zero attached hydrogens (tertiary/aromatic N) is 2. The van der Waals surface area contributed by atoms with E-state index in [1.807, 2.05) is 0 Å². The lowest BCUT2D eigenvalue weighted by Crippen LogP contribution is -2.03. The van der Waals surface area contributed by atoms with Crippen LogP contribution >= 0.6 is 0 Å². The van der Waals surface area contributed by atoms with Crippen molar-refractivity contribution in [2.24, 2.45) is 0 Å². The minimum absolute atomic E-state index is 1.15. The average Bonchev–Trinajstić information content (AvgIpc) is 2.55. The van der Waals surface area contributed by atoms with Gasteiger partial charge in [0, 0.05) is 11.4 Å². The van der Waals surface area contributed by atoms with Gasteiger partial charge in [-0.1, -0.05) is 12.8 Å². The maximum atomic E-state index is 4.84. The van der Waals surface area contributed by atoms with Crippen molar-refractivity contribution in [3.05, 3.63) is 34.8 Å². The van der Waals surface area contributed by atoms with Crippen LogP contribution in [0.25, 0.3) is 5.65 Å². The van der Waals surface area contributed by atoms with Crippen molar-refractivity contribution >= 4 is 5.65 Å². The van der Waals surface area contributed by atoms with Gasteiger partial charge in [-0.3, -0.25) is 0 Å². The molecule has 2 nitrogen and oxygen atoms in total. The van der Waals surface area contributed by atoms with E-state index in [0.29, 0.717) is 0 Å². The molecule has 1 aliphatic rings. The minimum Gasteiger partial charge on any atom is -0.301 e. The molecule has 3 rings (SSSR count). The Morgan fingerprint density at radius 3 is 2.59 bits per heavy atom. The maximum absolute atomic E-state index is 4.84. The molecule has 0 saturated carbocycles. The second kappa shape index (κ2) is 4.17. The lowest BCUT2D eigenvalue weighted by Gasteiger charge is -2.11. The summed E-state index contributed by atoms with van der Waals surface area (Å²) < 4.78 is 2.37. The number of imidazole rings is 1. The average molecular weight is 228 g/mol. The Labute approximate surface area is 103 Å². The highest BCUT2D eigenvalue weighted by molar-refractivity contribution is 5.48. The molecule has 0 fully saturated rings. The first-order chi connectivity index (χ1) is 8.25. The Kier molecular flexibility index (Phi) is 2.65. The first-order valence-electron chi connectivity index (χ1n) is 6.73. The predicted octanol–water partition coefficient (Wildman–Crippen LogP) is 3.61. The van der Waals surface area contributed by atoms with Crippen LogP contribution in [0.2, 0.25) is 0 Å². The van der Waals surface area contributed by atoms with E-state index in [-0.39, 0.29) is 0 Å². The van der Waals surface area contributed by atoms with E-state index in [1.165, 1.54) is 54.7 Å². The SMILES string of the molecule is Cc1cc(C)n2c3c(nc2c1)CCCCCC3. The maximum Gasteiger partial charge on any atom is 0.137 e. The van der Waals surface area contributed by atoms with Crippen molar-refractivity contribution in [1.29, 1.82) is 0 Å². The van der Waals surface area contributed by atoms with Gasteiger partial charge in [0.15, 0.2) is 0 Å². The van der Waals surface area contributed by atoms with Crippen LogP contribution in [0.1, 0.15) is 48.3 Å². The number of pyridine rings is 1. The Balaban J connectivity index is 2.22. The number of fused-ring (bicyclic) bond motifs is 3. The van der Waals surface area contributed by atoms with Crippen LogP contribution in [0.5, 0.6) is 0 Å². The van der Waals surface area contributed by atoms with Crippen molar-refractivity contribution in [1.82, 2.24) is 9.38 Å². The van der Waals surface area contributed by atoms with E-state index in [9.17, 15) is 0 Å². The van der Waals surface area contributed by atoms with Crippen molar-refractivity contribution in [3.8, 4) is 0 Å². The Morgan fingerprint density at radius 2 is 1.76 bits per heavy atom. The lowest BCUT2D eigenvalue weighted by atomic mass is 10.0. The Morgan fingerprint density at radius 1 is 1.00 bits per heavy atom. The van der Waals surface area contributed by atoms with Gasteiger partial charge in [-0.25, -0.2) is 4.98 Å². The third kappa shape index (κ3) is 1.86. The van der Waals surface area contributed by atoms with E-state index in [2.05, 4.69) is 30.4 Å². The Hall–Kier alpha value is -1.31. The molecule has 2 aromatic heterocycles. The van der Waals surface area contributed by atoms with Crippen LogP contribution in [0.3, 0.4) is 0 Å². The van der Waals surface area contributed by atoms with Gasteiger partial charge in [0.1, 0.15) is 5.65 Å². The lowest BCUT2D eigenvalue weighted by molar-refractivity contribution is 0.604. The first kappa shape index (κ1) is 10.8. The highest BCUT2D eigenvalue weighted by Gasteiger charge is 2.15. The van der Waals surface area contributed by atoms with Gasteiger partial charge >= 0.3 is 0 Å². The summed E-state index contributed by atoms with van der Waals surface area (Å²) in [5, 5.41) is 0. The molecule has 0 atom stereocenters. The van der Waals surface area contributed by atoms with Gasteiger partial charge in [-0.05, 0) is 57.2 Å². The quantitative estimate of drug-likeness (QED) is 0.673. The topological polar surface area (TPSA) is 17.3 Å². The smallest absolute Gasteiger partial charge is 0.137 e. The van der Waals surface area contributed by atoms with Crippen LogP contribution in [-0.4, -0.2) is 9.38 Å². The van der Waals surface area contributed by atoms with E-state index in [0.717, 1.165) is 12.1 Å². The summed E-state index contributed by atoms with van der Waals surface area (Å²) in [5.41, 5.74) is 6.60. The third-order valence-electron chi connectivity index (χ3n) is 3.80. The van der Waals surface area contributed by atoms with Crippen LogP contribution in [-0.2, 0) is 12.8 Å². The van der Waals surface area contributed by atoms with Crippen LogP contribution in [0.15, 0.2) is 12.1 Å².